The number of unbranched alkanes of at least 4 members (excludes halogenated alkanes) is 2. The second-order valence-corrected chi connectivity index (χ2v) is 22.3. The first kappa shape index (κ1) is 31.3. The highest BCUT2D eigenvalue weighted by Gasteiger charge is 2.50. The van der Waals surface area contributed by atoms with E-state index in [-0.39, 0.29) is 0 Å². The minimum Gasteiger partial charge on any atom is -0.429 e. The summed E-state index contributed by atoms with van der Waals surface area (Å²) in [5.74, 6) is 0. The van der Waals surface area contributed by atoms with Gasteiger partial charge in [-0.15, -0.1) is 0 Å². The summed E-state index contributed by atoms with van der Waals surface area (Å²) in [6, 6.07) is 45.5. The van der Waals surface area contributed by atoms with Crippen LogP contribution in [0.25, 0.3) is 0 Å². The molecule has 4 N–H and O–H groups in total. The highest BCUT2D eigenvalue weighted by Crippen LogP contribution is 2.28. The van der Waals surface area contributed by atoms with Crippen molar-refractivity contribution in [3.63, 3.8) is 0 Å². The summed E-state index contributed by atoms with van der Waals surface area (Å²) in [4.78, 5) is 0. The van der Waals surface area contributed by atoms with Crippen molar-refractivity contribution in [2.24, 2.45) is 11.5 Å². The quantitative estimate of drug-likeness (QED) is 0.145. The van der Waals surface area contributed by atoms with Crippen LogP contribution >= 0.6 is 0 Å². The van der Waals surface area contributed by atoms with E-state index in [0.717, 1.165) is 37.8 Å². The summed E-state index contributed by atoms with van der Waals surface area (Å²) in [5, 5.41) is 5.17. The van der Waals surface area contributed by atoms with Gasteiger partial charge in [0.2, 0.25) is 16.6 Å². The molecule has 4 nitrogen and oxygen atoms in total. The highest BCUT2D eigenvalue weighted by atomic mass is 28.5. The maximum atomic E-state index is 7.67. The van der Waals surface area contributed by atoms with E-state index in [9.17, 15) is 0 Å². The summed E-state index contributed by atoms with van der Waals surface area (Å²) < 4.78 is 15.3. The van der Waals surface area contributed by atoms with E-state index in [0.29, 0.717) is 13.1 Å². The van der Waals surface area contributed by atoms with Crippen LogP contribution in [0.5, 0.6) is 0 Å². The van der Waals surface area contributed by atoms with Gasteiger partial charge in [0.15, 0.2) is 0 Å². The van der Waals surface area contributed by atoms with Crippen molar-refractivity contribution in [1.29, 1.82) is 0 Å². The molecule has 0 saturated heterocycles. The van der Waals surface area contributed by atoms with Crippen molar-refractivity contribution in [1.82, 2.24) is 0 Å². The molecule has 0 saturated carbocycles. The van der Waals surface area contributed by atoms with Gasteiger partial charge in [0.05, 0.1) is 0 Å². The standard InChI is InChI=1S/C34H46N2O2Si3/c1-39(2,37-40(29-17-15-27-35,31-19-7-3-8-20-31)32-21-9-4-10-22-32)38-41(30-18-16-28-36,33-23-11-5-12-24-33)34-25-13-6-14-26-34/h3-14,19-26H,15-18,27-30,35-36H2,1-2H3. The van der Waals surface area contributed by atoms with Crippen LogP contribution in [-0.2, 0) is 8.23 Å². The lowest BCUT2D eigenvalue weighted by atomic mass is 10.3. The molecular formula is C34H46N2O2Si3. The first-order valence-electron chi connectivity index (χ1n) is 15.0. The van der Waals surface area contributed by atoms with Gasteiger partial charge in [-0.05, 0) is 71.9 Å². The molecule has 0 aliphatic carbocycles. The molecule has 0 heterocycles. The molecule has 216 valence electrons. The van der Waals surface area contributed by atoms with Crippen molar-refractivity contribution in [3.8, 4) is 0 Å². The van der Waals surface area contributed by atoms with Crippen LogP contribution < -0.4 is 32.2 Å². The van der Waals surface area contributed by atoms with Crippen molar-refractivity contribution in [2.75, 3.05) is 13.1 Å². The summed E-state index contributed by atoms with van der Waals surface area (Å²) in [5.41, 5.74) is 12.0. The summed E-state index contributed by atoms with van der Waals surface area (Å²) >= 11 is 0. The van der Waals surface area contributed by atoms with Crippen molar-refractivity contribution >= 4 is 45.9 Å². The van der Waals surface area contributed by atoms with Gasteiger partial charge in [0.1, 0.15) is 0 Å². The molecule has 0 radical (unpaired) electrons. The Morgan fingerprint density at radius 3 is 0.951 bits per heavy atom. The van der Waals surface area contributed by atoms with Crippen molar-refractivity contribution < 1.29 is 8.23 Å². The molecule has 41 heavy (non-hydrogen) atoms. The normalized spacial score (nSPS) is 12.4. The Hall–Kier alpha value is -2.63. The van der Waals surface area contributed by atoms with Gasteiger partial charge >= 0.3 is 8.56 Å². The van der Waals surface area contributed by atoms with Gasteiger partial charge in [-0.1, -0.05) is 134 Å². The lowest BCUT2D eigenvalue weighted by Crippen LogP contribution is -2.70. The number of hydrogen-bond donors (Lipinski definition) is 2. The maximum absolute atomic E-state index is 7.67. The smallest absolute Gasteiger partial charge is 0.312 e. The van der Waals surface area contributed by atoms with Gasteiger partial charge in [-0.2, -0.15) is 0 Å². The SMILES string of the molecule is C[Si](C)(O[Si](CCCCN)(c1ccccc1)c1ccccc1)O[Si](CCCCN)(c1ccccc1)c1ccccc1. The number of hydrogen-bond acceptors (Lipinski definition) is 4. The first-order valence-corrected chi connectivity index (χ1v) is 22.0. The minimum atomic E-state index is -2.76. The lowest BCUT2D eigenvalue weighted by Gasteiger charge is -2.44. The molecule has 4 aromatic carbocycles. The van der Waals surface area contributed by atoms with Crippen LogP contribution in [0, 0.1) is 0 Å². The van der Waals surface area contributed by atoms with Crippen molar-refractivity contribution in [2.45, 2.75) is 50.9 Å². The molecular weight excluding hydrogens is 553 g/mol. The molecule has 7 heteroatoms. The third-order valence-corrected chi connectivity index (χ3v) is 21.7. The predicted octanol–water partition coefficient (Wildman–Crippen LogP) is 4.72. The molecule has 0 unspecified atom stereocenters. The van der Waals surface area contributed by atoms with Gasteiger partial charge in [-0.3, -0.25) is 0 Å². The van der Waals surface area contributed by atoms with Crippen LogP contribution in [0.15, 0.2) is 121 Å². The fourth-order valence-electron chi connectivity index (χ4n) is 5.97. The van der Waals surface area contributed by atoms with E-state index < -0.39 is 25.2 Å². The second-order valence-electron chi connectivity index (χ2n) is 11.2. The van der Waals surface area contributed by atoms with Crippen molar-refractivity contribution in [3.05, 3.63) is 121 Å². The topological polar surface area (TPSA) is 70.5 Å². The maximum Gasteiger partial charge on any atom is 0.312 e. The van der Waals surface area contributed by atoms with Crippen LogP contribution in [0.1, 0.15) is 25.7 Å². The first-order chi connectivity index (χ1) is 20.0. The molecule has 0 aromatic heterocycles. The summed E-state index contributed by atoms with van der Waals surface area (Å²) in [7, 11) is -8.12. The minimum absolute atomic E-state index is 0.685. The third-order valence-electron chi connectivity index (χ3n) is 7.77. The number of benzene rings is 4. The average molecular weight is 599 g/mol. The zero-order valence-electron chi connectivity index (χ0n) is 24.7. The molecule has 4 rings (SSSR count). The summed E-state index contributed by atoms with van der Waals surface area (Å²) in [6.07, 6.45) is 4.00. The van der Waals surface area contributed by atoms with E-state index in [1.165, 1.54) is 20.7 Å². The van der Waals surface area contributed by atoms with Crippen LogP contribution in [0.4, 0.5) is 0 Å². The van der Waals surface area contributed by atoms with E-state index >= 15 is 0 Å². The molecule has 0 fully saturated rings. The fourth-order valence-corrected chi connectivity index (χ4v) is 22.2. The monoisotopic (exact) mass is 598 g/mol. The lowest BCUT2D eigenvalue weighted by molar-refractivity contribution is 0.397. The number of nitrogens with two attached hydrogens (primary N) is 2. The summed E-state index contributed by atoms with van der Waals surface area (Å²) in [6.45, 7) is 5.90. The molecule has 0 aliphatic heterocycles. The Morgan fingerprint density at radius 2 is 0.707 bits per heavy atom. The molecule has 0 aliphatic rings. The zero-order chi connectivity index (χ0) is 29.0. The molecule has 0 atom stereocenters. The van der Waals surface area contributed by atoms with E-state index in [2.05, 4.69) is 134 Å². The molecule has 0 bridgehead atoms. The largest absolute Gasteiger partial charge is 0.429 e. The van der Waals surface area contributed by atoms with Crippen LogP contribution in [0.2, 0.25) is 25.2 Å². The van der Waals surface area contributed by atoms with Gasteiger partial charge in [0, 0.05) is 0 Å². The third kappa shape index (κ3) is 7.81. The van der Waals surface area contributed by atoms with Crippen LogP contribution in [-0.4, -0.2) is 38.3 Å². The molecule has 4 aromatic rings. The van der Waals surface area contributed by atoms with Gasteiger partial charge < -0.3 is 19.7 Å². The fraction of sp³-hybridized carbons (Fsp3) is 0.294. The Kier molecular flexibility index (Phi) is 11.5. The molecule has 0 amide bonds. The predicted molar refractivity (Wildman–Crippen MR) is 182 cm³/mol. The van der Waals surface area contributed by atoms with Gasteiger partial charge in [0.25, 0.3) is 0 Å². The number of rotatable bonds is 16. The highest BCUT2D eigenvalue weighted by molar-refractivity contribution is 7.05. The zero-order valence-corrected chi connectivity index (χ0v) is 27.7. The Morgan fingerprint density at radius 1 is 0.439 bits per heavy atom. The van der Waals surface area contributed by atoms with E-state index in [1.54, 1.807) is 0 Å². The average Bonchev–Trinajstić information content (AvgIpc) is 3.02. The Bertz CT molecular complexity index is 1110. The Balaban J connectivity index is 1.84. The Labute approximate surface area is 250 Å². The second kappa shape index (κ2) is 15.0. The van der Waals surface area contributed by atoms with E-state index in [4.69, 9.17) is 19.7 Å². The van der Waals surface area contributed by atoms with E-state index in [1.807, 2.05) is 0 Å². The van der Waals surface area contributed by atoms with Gasteiger partial charge in [-0.25, -0.2) is 0 Å². The van der Waals surface area contributed by atoms with Crippen LogP contribution in [0.3, 0.4) is 0 Å². The molecule has 0 spiro atoms.